The third-order valence-electron chi connectivity index (χ3n) is 5.61. The Morgan fingerprint density at radius 3 is 2.62 bits per heavy atom. The first kappa shape index (κ1) is 22.1. The fraction of sp³-hybridized carbons (Fsp3) is 0.333. The zero-order valence-electron chi connectivity index (χ0n) is 17.0. The Morgan fingerprint density at radius 1 is 1.31 bits per heavy atom. The molecular weight excluding hydrogens is 451 g/mol. The van der Waals surface area contributed by atoms with Gasteiger partial charge in [-0.3, -0.25) is 14.1 Å². The highest BCUT2D eigenvalue weighted by atomic mass is 32.2. The van der Waals surface area contributed by atoms with Gasteiger partial charge in [0.1, 0.15) is 5.71 Å². The van der Waals surface area contributed by atoms with Crippen molar-refractivity contribution in [2.24, 2.45) is 0 Å². The number of imide groups is 1. The van der Waals surface area contributed by atoms with Crippen molar-refractivity contribution in [3.8, 4) is 0 Å². The molecule has 4 heterocycles. The van der Waals surface area contributed by atoms with E-state index >= 15 is 8.63 Å². The molecule has 0 aliphatic carbocycles. The first-order valence-electron chi connectivity index (χ1n) is 9.62. The van der Waals surface area contributed by atoms with Crippen LogP contribution < -0.4 is 0 Å². The first-order valence-corrected chi connectivity index (χ1v) is 11.1. The second kappa shape index (κ2) is 7.20. The smallest absolute Gasteiger partial charge is 0.394 e. The van der Waals surface area contributed by atoms with E-state index in [0.29, 0.717) is 17.0 Å². The van der Waals surface area contributed by atoms with Crippen molar-refractivity contribution in [2.75, 3.05) is 0 Å². The van der Waals surface area contributed by atoms with Crippen LogP contribution in [0.1, 0.15) is 36.2 Å². The van der Waals surface area contributed by atoms with Crippen LogP contribution in [-0.2, 0) is 29.3 Å². The van der Waals surface area contributed by atoms with Crippen molar-refractivity contribution in [3.63, 3.8) is 0 Å². The van der Waals surface area contributed by atoms with Gasteiger partial charge in [-0.05, 0) is 31.2 Å². The van der Waals surface area contributed by atoms with Gasteiger partial charge in [0.15, 0.2) is 10.9 Å². The van der Waals surface area contributed by atoms with Crippen molar-refractivity contribution in [1.82, 2.24) is 9.54 Å². The van der Waals surface area contributed by atoms with Crippen molar-refractivity contribution < 1.29 is 45.3 Å². The summed E-state index contributed by atoms with van der Waals surface area (Å²) in [6.07, 6.45) is 3.08. The number of nitrogens with zero attached hydrogens (tertiary/aromatic N) is 3. The van der Waals surface area contributed by atoms with Crippen molar-refractivity contribution in [1.29, 1.82) is 0 Å². The van der Waals surface area contributed by atoms with Crippen molar-refractivity contribution >= 4 is 46.7 Å². The van der Waals surface area contributed by atoms with Crippen LogP contribution in [0.25, 0.3) is 6.08 Å². The molecule has 14 heteroatoms. The second-order valence-corrected chi connectivity index (χ2v) is 9.37. The normalized spacial score (nSPS) is 21.7. The Hall–Kier alpha value is -3.13. The van der Waals surface area contributed by atoms with E-state index in [2.05, 4.69) is 4.84 Å². The Morgan fingerprint density at radius 2 is 2.00 bits per heavy atom. The summed E-state index contributed by atoms with van der Waals surface area (Å²) in [6.45, 7) is -0.892. The summed E-state index contributed by atoms with van der Waals surface area (Å²) in [5.74, 6) is -3.59. The number of hydrogen-bond donors (Lipinski definition) is 1. The fourth-order valence-electron chi connectivity index (χ4n) is 4.19. The number of hydroxylamine groups is 2. The maximum absolute atomic E-state index is 15.3. The number of halogens is 2. The Kier molecular flexibility index (Phi) is 4.97. The zero-order chi connectivity index (χ0) is 23.6. The number of rotatable bonds is 5. The van der Waals surface area contributed by atoms with Crippen LogP contribution >= 0.6 is 0 Å². The quantitative estimate of drug-likeness (QED) is 0.387. The van der Waals surface area contributed by atoms with Gasteiger partial charge in [-0.25, -0.2) is 4.79 Å². The van der Waals surface area contributed by atoms with E-state index in [9.17, 15) is 22.8 Å². The molecule has 32 heavy (non-hydrogen) atoms. The first-order chi connectivity index (χ1) is 14.8. The molecular formula is C18H18BF2N3O7S. The number of fused-ring (bicyclic) bond motifs is 2. The maximum atomic E-state index is 15.3. The average molecular weight is 469 g/mol. The molecule has 1 saturated heterocycles. The fourth-order valence-corrected chi connectivity index (χ4v) is 4.89. The Labute approximate surface area is 181 Å². The van der Waals surface area contributed by atoms with Gasteiger partial charge >= 0.3 is 12.9 Å². The van der Waals surface area contributed by atoms with E-state index in [1.165, 1.54) is 12.2 Å². The summed E-state index contributed by atoms with van der Waals surface area (Å²) < 4.78 is 63.8. The summed E-state index contributed by atoms with van der Waals surface area (Å²) in [5, 5.41) is -2.06. The van der Waals surface area contributed by atoms with Gasteiger partial charge in [0.25, 0.3) is 21.9 Å². The van der Waals surface area contributed by atoms with Crippen LogP contribution in [0.2, 0.25) is 0 Å². The molecule has 1 aromatic heterocycles. The number of carbonyl (C=O) groups is 3. The third-order valence-corrected chi connectivity index (χ3v) is 6.70. The molecule has 1 fully saturated rings. The molecule has 0 aromatic carbocycles. The molecule has 3 aliphatic rings. The Bertz CT molecular complexity index is 1280. The third kappa shape index (κ3) is 3.39. The number of amides is 2. The van der Waals surface area contributed by atoms with Crippen LogP contribution in [0.15, 0.2) is 23.9 Å². The van der Waals surface area contributed by atoms with E-state index in [-0.39, 0.29) is 22.9 Å². The lowest BCUT2D eigenvalue weighted by Crippen LogP contribution is -2.50. The predicted molar refractivity (Wildman–Crippen MR) is 107 cm³/mol. The molecule has 2 amide bonds. The van der Waals surface area contributed by atoms with Gasteiger partial charge in [0.2, 0.25) is 0 Å². The minimum Gasteiger partial charge on any atom is -0.394 e. The van der Waals surface area contributed by atoms with Gasteiger partial charge in [0, 0.05) is 30.3 Å². The van der Waals surface area contributed by atoms with Crippen molar-refractivity contribution in [3.05, 3.63) is 40.9 Å². The van der Waals surface area contributed by atoms with E-state index in [4.69, 9.17) is 4.55 Å². The number of allylic oxidation sites excluding steroid dienone is 2. The highest BCUT2D eigenvalue weighted by Gasteiger charge is 2.52. The lowest BCUT2D eigenvalue weighted by Gasteiger charge is -2.30. The van der Waals surface area contributed by atoms with Gasteiger partial charge in [-0.2, -0.15) is 8.42 Å². The van der Waals surface area contributed by atoms with E-state index in [0.717, 1.165) is 8.96 Å². The number of hydrogen-bond acceptors (Lipinski definition) is 6. The summed E-state index contributed by atoms with van der Waals surface area (Å²) in [6, 6.07) is 1.66. The van der Waals surface area contributed by atoms with Crippen LogP contribution in [0, 0.1) is 13.8 Å². The standard InChI is InChI=1S/C18H18BF2N3O7S/c1-10-7-11(2)22-14(10)8-13-4-3-12(23(13)19(22,20)21)5-6-17(26)31-24-16(25)9-15(18(24)27)32(28,29)30/h3-4,7-8,15H,5-6,9H2,1-2H3,(H,28,29,30). The topological polar surface area (TPSA) is 126 Å². The maximum Gasteiger partial charge on any atom is 0.737 e. The SMILES string of the molecule is Cc1cc(C)n2c1C=C1C=CC(CCC(=O)ON3C(=O)CC(S(=O)(=O)O)C3=O)=[N+]1[B-]2(F)F. The Balaban J connectivity index is 1.50. The molecule has 1 unspecified atom stereocenters. The molecule has 0 spiro atoms. The van der Waals surface area contributed by atoms with Gasteiger partial charge in [0.05, 0.1) is 12.8 Å². The summed E-state index contributed by atoms with van der Waals surface area (Å²) in [7, 11) is -4.84. The van der Waals surface area contributed by atoms with Crippen molar-refractivity contribution in [2.45, 2.75) is 38.4 Å². The van der Waals surface area contributed by atoms with E-state index < -0.39 is 53.0 Å². The largest absolute Gasteiger partial charge is 0.737 e. The lowest BCUT2D eigenvalue weighted by atomic mass is 9.90. The lowest BCUT2D eigenvalue weighted by molar-refractivity contribution is -0.362. The molecule has 1 aromatic rings. The minimum absolute atomic E-state index is 0.0150. The van der Waals surface area contributed by atoms with Gasteiger partial charge < -0.3 is 22.4 Å². The molecule has 4 rings (SSSR count). The van der Waals surface area contributed by atoms with Gasteiger partial charge in [-0.1, -0.05) is 0 Å². The second-order valence-electron chi connectivity index (χ2n) is 7.77. The average Bonchev–Trinajstić information content (AvgIpc) is 3.30. The summed E-state index contributed by atoms with van der Waals surface area (Å²) >= 11 is 0. The predicted octanol–water partition coefficient (Wildman–Crippen LogP) is 0.959. The van der Waals surface area contributed by atoms with Crippen LogP contribution in [0.5, 0.6) is 0 Å². The molecule has 3 aliphatic heterocycles. The molecule has 0 bridgehead atoms. The number of aryl methyl sites for hydroxylation is 2. The molecule has 1 N–H and O–H groups in total. The zero-order valence-corrected chi connectivity index (χ0v) is 17.8. The summed E-state index contributed by atoms with van der Waals surface area (Å²) in [5.41, 5.74) is 1.92. The molecule has 1 atom stereocenters. The van der Waals surface area contributed by atoms with Crippen LogP contribution in [0.4, 0.5) is 8.63 Å². The van der Waals surface area contributed by atoms with Crippen LogP contribution in [-0.4, -0.2) is 62.7 Å². The van der Waals surface area contributed by atoms with E-state index in [1.54, 1.807) is 26.0 Å². The van der Waals surface area contributed by atoms with E-state index in [1.807, 2.05) is 0 Å². The molecule has 0 radical (unpaired) electrons. The molecule has 10 nitrogen and oxygen atoms in total. The van der Waals surface area contributed by atoms with Crippen LogP contribution in [0.3, 0.4) is 0 Å². The summed E-state index contributed by atoms with van der Waals surface area (Å²) in [4.78, 5) is 40.5. The molecule has 0 saturated carbocycles. The monoisotopic (exact) mass is 469 g/mol. The molecule has 170 valence electrons. The van der Waals surface area contributed by atoms with Gasteiger partial charge in [-0.15, -0.1) is 5.06 Å². The highest BCUT2D eigenvalue weighted by molar-refractivity contribution is 7.87. The highest BCUT2D eigenvalue weighted by Crippen LogP contribution is 2.34. The number of aromatic nitrogens is 1. The number of carbonyl (C=O) groups excluding carboxylic acids is 3. The minimum atomic E-state index is -4.84.